The van der Waals surface area contributed by atoms with Crippen molar-refractivity contribution in [2.45, 2.75) is 0 Å². The van der Waals surface area contributed by atoms with Crippen LogP contribution in [0.5, 0.6) is 5.75 Å². The summed E-state index contributed by atoms with van der Waals surface area (Å²) >= 11 is 0. The van der Waals surface area contributed by atoms with E-state index in [1.165, 1.54) is 6.07 Å². The van der Waals surface area contributed by atoms with Gasteiger partial charge < -0.3 is 5.11 Å². The van der Waals surface area contributed by atoms with E-state index in [4.69, 9.17) is 0 Å². The zero-order chi connectivity index (χ0) is 11.8. The van der Waals surface area contributed by atoms with E-state index in [1.54, 1.807) is 35.0 Å². The molecule has 2 heterocycles. The lowest BCUT2D eigenvalue weighted by Crippen LogP contribution is -2.09. The summed E-state index contributed by atoms with van der Waals surface area (Å²) < 4.78 is 1.55. The number of aromatic amines is 1. The van der Waals surface area contributed by atoms with E-state index in [-0.39, 0.29) is 11.3 Å². The first-order valence-electron chi connectivity index (χ1n) is 5.11. The Morgan fingerprint density at radius 1 is 1.18 bits per heavy atom. The molecular formula is C12H9N3O2. The molecule has 0 spiro atoms. The number of benzene rings is 1. The summed E-state index contributed by atoms with van der Waals surface area (Å²) in [6, 6.07) is 9.96. The van der Waals surface area contributed by atoms with Gasteiger partial charge in [-0.25, -0.2) is 9.50 Å². The minimum absolute atomic E-state index is 0.152. The Labute approximate surface area is 96.0 Å². The molecule has 0 unspecified atom stereocenters. The molecule has 0 aliphatic carbocycles. The minimum atomic E-state index is -0.216. The van der Waals surface area contributed by atoms with Crippen LogP contribution in [0.2, 0.25) is 0 Å². The Hall–Kier alpha value is -2.56. The highest BCUT2D eigenvalue weighted by atomic mass is 16.3. The molecule has 0 saturated carbocycles. The first kappa shape index (κ1) is 9.65. The van der Waals surface area contributed by atoms with Crippen molar-refractivity contribution < 1.29 is 5.11 Å². The fraction of sp³-hybridized carbons (Fsp3) is 0. The van der Waals surface area contributed by atoms with Crippen LogP contribution in [-0.4, -0.2) is 19.7 Å². The summed E-state index contributed by atoms with van der Waals surface area (Å²) in [5.41, 5.74) is 1.69. The van der Waals surface area contributed by atoms with E-state index in [2.05, 4.69) is 10.1 Å². The molecule has 0 amide bonds. The first-order valence-corrected chi connectivity index (χ1v) is 5.11. The fourth-order valence-electron chi connectivity index (χ4n) is 1.78. The second-order valence-electron chi connectivity index (χ2n) is 3.66. The van der Waals surface area contributed by atoms with Crippen molar-refractivity contribution in [2.24, 2.45) is 0 Å². The van der Waals surface area contributed by atoms with Gasteiger partial charge in [0, 0.05) is 11.6 Å². The van der Waals surface area contributed by atoms with Crippen LogP contribution in [0, 0.1) is 0 Å². The molecule has 3 aromatic rings. The van der Waals surface area contributed by atoms with Crippen LogP contribution < -0.4 is 5.56 Å². The van der Waals surface area contributed by atoms with Crippen LogP contribution in [0.1, 0.15) is 0 Å². The standard InChI is InChI=1S/C12H9N3O2/c16-10-4-2-1-3-8(10)9-7-13-11-5-6-12(17)14-15(9)11/h1-7,16H,(H,14,17). The van der Waals surface area contributed by atoms with Crippen LogP contribution in [0.15, 0.2) is 47.4 Å². The van der Waals surface area contributed by atoms with Gasteiger partial charge in [-0.05, 0) is 18.2 Å². The van der Waals surface area contributed by atoms with E-state index < -0.39 is 0 Å². The quantitative estimate of drug-likeness (QED) is 0.660. The summed E-state index contributed by atoms with van der Waals surface area (Å²) in [4.78, 5) is 15.4. The number of hydrogen-bond donors (Lipinski definition) is 2. The predicted octanol–water partition coefficient (Wildman–Crippen LogP) is 1.40. The molecule has 3 rings (SSSR count). The van der Waals surface area contributed by atoms with E-state index in [1.807, 2.05) is 6.07 Å². The van der Waals surface area contributed by atoms with Gasteiger partial charge in [0.25, 0.3) is 5.56 Å². The van der Waals surface area contributed by atoms with E-state index in [0.717, 1.165) is 0 Å². The van der Waals surface area contributed by atoms with Crippen LogP contribution in [-0.2, 0) is 0 Å². The molecule has 0 fully saturated rings. The smallest absolute Gasteiger partial charge is 0.263 e. The van der Waals surface area contributed by atoms with Gasteiger partial charge >= 0.3 is 0 Å². The van der Waals surface area contributed by atoms with Gasteiger partial charge in [0.1, 0.15) is 5.75 Å². The molecule has 0 aliphatic rings. The number of aromatic nitrogens is 3. The van der Waals surface area contributed by atoms with Gasteiger partial charge in [-0.15, -0.1) is 0 Å². The van der Waals surface area contributed by atoms with Crippen molar-refractivity contribution in [3.05, 3.63) is 52.9 Å². The number of H-pyrrole nitrogens is 1. The molecule has 5 nitrogen and oxygen atoms in total. The third kappa shape index (κ3) is 1.48. The highest BCUT2D eigenvalue weighted by Gasteiger charge is 2.09. The Morgan fingerprint density at radius 3 is 2.82 bits per heavy atom. The number of hydrogen-bond acceptors (Lipinski definition) is 3. The van der Waals surface area contributed by atoms with E-state index >= 15 is 0 Å². The number of para-hydroxylation sites is 1. The molecule has 0 saturated heterocycles. The van der Waals surface area contributed by atoms with Crippen LogP contribution >= 0.6 is 0 Å². The number of nitrogens with zero attached hydrogens (tertiary/aromatic N) is 2. The Morgan fingerprint density at radius 2 is 2.00 bits per heavy atom. The molecule has 2 N–H and O–H groups in total. The van der Waals surface area contributed by atoms with Crippen molar-refractivity contribution in [2.75, 3.05) is 0 Å². The lowest BCUT2D eigenvalue weighted by atomic mass is 10.1. The third-order valence-corrected chi connectivity index (χ3v) is 2.57. The summed E-state index contributed by atoms with van der Waals surface area (Å²) in [6.07, 6.45) is 1.61. The first-order chi connectivity index (χ1) is 8.25. The van der Waals surface area contributed by atoms with Crippen molar-refractivity contribution in [1.29, 1.82) is 0 Å². The van der Waals surface area contributed by atoms with Crippen LogP contribution in [0.25, 0.3) is 16.9 Å². The zero-order valence-corrected chi connectivity index (χ0v) is 8.79. The second kappa shape index (κ2) is 3.48. The highest BCUT2D eigenvalue weighted by Crippen LogP contribution is 2.28. The number of fused-ring (bicyclic) bond motifs is 1. The molecular weight excluding hydrogens is 218 g/mol. The van der Waals surface area contributed by atoms with E-state index in [9.17, 15) is 9.90 Å². The third-order valence-electron chi connectivity index (χ3n) is 2.57. The summed E-state index contributed by atoms with van der Waals surface area (Å²) in [5.74, 6) is 0.152. The van der Waals surface area contributed by atoms with Crippen molar-refractivity contribution in [3.63, 3.8) is 0 Å². The number of imidazole rings is 1. The van der Waals surface area contributed by atoms with Crippen molar-refractivity contribution in [3.8, 4) is 17.0 Å². The maximum absolute atomic E-state index is 11.3. The van der Waals surface area contributed by atoms with Crippen LogP contribution in [0.4, 0.5) is 0 Å². The molecule has 5 heteroatoms. The maximum atomic E-state index is 11.3. The fourth-order valence-corrected chi connectivity index (χ4v) is 1.78. The van der Waals surface area contributed by atoms with Crippen molar-refractivity contribution in [1.82, 2.24) is 14.6 Å². The zero-order valence-electron chi connectivity index (χ0n) is 8.79. The SMILES string of the molecule is O=c1ccc2ncc(-c3ccccc3O)n2[nH]1. The minimum Gasteiger partial charge on any atom is -0.507 e. The topological polar surface area (TPSA) is 70.4 Å². The van der Waals surface area contributed by atoms with Crippen molar-refractivity contribution >= 4 is 5.65 Å². The summed E-state index contributed by atoms with van der Waals surface area (Å²) in [7, 11) is 0. The Balaban J connectivity index is 2.35. The molecule has 0 aliphatic heterocycles. The Bertz CT molecular complexity index is 743. The molecule has 17 heavy (non-hydrogen) atoms. The molecule has 2 aromatic heterocycles. The Kier molecular flexibility index (Phi) is 1.98. The number of aromatic hydroxyl groups is 1. The molecule has 0 radical (unpaired) electrons. The predicted molar refractivity (Wildman–Crippen MR) is 62.9 cm³/mol. The largest absolute Gasteiger partial charge is 0.507 e. The number of phenolic OH excluding ortho intramolecular Hbond substituents is 1. The maximum Gasteiger partial charge on any atom is 0.263 e. The monoisotopic (exact) mass is 227 g/mol. The molecule has 0 bridgehead atoms. The van der Waals surface area contributed by atoms with Crippen LogP contribution in [0.3, 0.4) is 0 Å². The number of rotatable bonds is 1. The number of phenols is 1. The lowest BCUT2D eigenvalue weighted by Gasteiger charge is -2.03. The van der Waals surface area contributed by atoms with E-state index in [0.29, 0.717) is 16.9 Å². The number of nitrogens with one attached hydrogen (secondary N) is 1. The second-order valence-corrected chi connectivity index (χ2v) is 3.66. The molecule has 0 atom stereocenters. The average molecular weight is 227 g/mol. The lowest BCUT2D eigenvalue weighted by molar-refractivity contribution is 0.477. The normalized spacial score (nSPS) is 10.8. The molecule has 1 aromatic carbocycles. The van der Waals surface area contributed by atoms with Gasteiger partial charge in [0.05, 0.1) is 11.9 Å². The van der Waals surface area contributed by atoms with Gasteiger partial charge in [0.2, 0.25) is 0 Å². The molecule has 84 valence electrons. The summed E-state index contributed by atoms with van der Waals surface area (Å²) in [6.45, 7) is 0. The average Bonchev–Trinajstić information content (AvgIpc) is 2.72. The van der Waals surface area contributed by atoms with Gasteiger partial charge in [0.15, 0.2) is 5.65 Å². The summed E-state index contributed by atoms with van der Waals surface area (Å²) in [5, 5.41) is 12.4. The highest BCUT2D eigenvalue weighted by molar-refractivity contribution is 5.68. The van der Waals surface area contributed by atoms with Gasteiger partial charge in [-0.1, -0.05) is 12.1 Å². The van der Waals surface area contributed by atoms with Gasteiger partial charge in [-0.2, -0.15) is 0 Å². The van der Waals surface area contributed by atoms with Gasteiger partial charge in [-0.3, -0.25) is 9.89 Å².